The van der Waals surface area contributed by atoms with Gasteiger partial charge in [0.1, 0.15) is 6.29 Å². The van der Waals surface area contributed by atoms with E-state index < -0.39 is 0 Å². The van der Waals surface area contributed by atoms with Crippen LogP contribution >= 0.6 is 0 Å². The van der Waals surface area contributed by atoms with Crippen molar-refractivity contribution in [3.63, 3.8) is 0 Å². The van der Waals surface area contributed by atoms with E-state index in [-0.39, 0.29) is 6.92 Å². The fourth-order valence-electron chi connectivity index (χ4n) is 1.66. The second-order valence-corrected chi connectivity index (χ2v) is 2.99. The Morgan fingerprint density at radius 2 is 2.42 bits per heavy atom. The van der Waals surface area contributed by atoms with Gasteiger partial charge in [-0.2, -0.15) is 0 Å². The number of hydrogen-bond acceptors (Lipinski definition) is 2. The zero-order valence-electron chi connectivity index (χ0n) is 6.91. The molecule has 0 saturated carbocycles. The summed E-state index contributed by atoms with van der Waals surface area (Å²) < 4.78 is 5.41. The van der Waals surface area contributed by atoms with Gasteiger partial charge in [0.25, 0.3) is 0 Å². The molecule has 0 spiro atoms. The van der Waals surface area contributed by atoms with Crippen LogP contribution in [0, 0.1) is 0 Å². The molecule has 2 nitrogen and oxygen atoms in total. The van der Waals surface area contributed by atoms with Crippen molar-refractivity contribution in [2.45, 2.75) is 13.4 Å². The number of carbonyl (C=O) groups excluding carboxylic acids is 1. The molecular weight excluding hydrogens is 151 g/mol. The van der Waals surface area contributed by atoms with Gasteiger partial charge in [0.05, 0.1) is 6.61 Å². The third kappa shape index (κ3) is 0.977. The van der Waals surface area contributed by atoms with Crippen LogP contribution in [0.5, 0.6) is 0 Å². The van der Waals surface area contributed by atoms with Crippen LogP contribution in [0.1, 0.15) is 15.9 Å². The summed E-state index contributed by atoms with van der Waals surface area (Å²) in [4.78, 5) is 10.7. The molecule has 1 aliphatic heterocycles. The van der Waals surface area contributed by atoms with E-state index in [0.29, 0.717) is 6.61 Å². The van der Waals surface area contributed by atoms with Crippen LogP contribution in [0.4, 0.5) is 0 Å². The molecule has 0 amide bonds. The minimum atomic E-state index is 0.0707. The van der Waals surface area contributed by atoms with E-state index in [1.807, 2.05) is 25.0 Å². The van der Waals surface area contributed by atoms with Gasteiger partial charge in [-0.15, -0.1) is 0 Å². The molecule has 12 heavy (non-hydrogen) atoms. The summed E-state index contributed by atoms with van der Waals surface area (Å²) in [5.41, 5.74) is 2.97. The second-order valence-electron chi connectivity index (χ2n) is 2.99. The lowest BCUT2D eigenvalue weighted by molar-refractivity contribution is 0.112. The van der Waals surface area contributed by atoms with E-state index >= 15 is 0 Å². The standard InChI is InChI=1S/C9H9BO2/c1-10-9-7(5-11)3-2-4-8(9)6-12-10/h2-5H,6H2,1H3. The lowest BCUT2D eigenvalue weighted by Crippen LogP contribution is -2.27. The molecule has 0 saturated heterocycles. The zero-order valence-corrected chi connectivity index (χ0v) is 6.91. The highest BCUT2D eigenvalue weighted by Crippen LogP contribution is 2.12. The Balaban J connectivity index is 2.60. The molecule has 0 aromatic heterocycles. The quantitative estimate of drug-likeness (QED) is 0.449. The first-order valence-corrected chi connectivity index (χ1v) is 4.01. The summed E-state index contributed by atoms with van der Waals surface area (Å²) in [6.45, 7) is 2.68. The summed E-state index contributed by atoms with van der Waals surface area (Å²) in [5, 5.41) is 0. The van der Waals surface area contributed by atoms with E-state index in [9.17, 15) is 4.79 Å². The van der Waals surface area contributed by atoms with Crippen molar-refractivity contribution in [3.8, 4) is 0 Å². The summed E-state index contributed by atoms with van der Waals surface area (Å²) in [7, 11) is 0. The van der Waals surface area contributed by atoms with Gasteiger partial charge in [0, 0.05) is 5.56 Å². The van der Waals surface area contributed by atoms with Crippen molar-refractivity contribution in [2.24, 2.45) is 0 Å². The van der Waals surface area contributed by atoms with Gasteiger partial charge in [-0.25, -0.2) is 0 Å². The number of carbonyl (C=O) groups is 1. The van der Waals surface area contributed by atoms with E-state index in [2.05, 4.69) is 0 Å². The highest BCUT2D eigenvalue weighted by atomic mass is 16.4. The average Bonchev–Trinajstić information content (AvgIpc) is 2.48. The maximum atomic E-state index is 10.7. The van der Waals surface area contributed by atoms with E-state index in [1.165, 1.54) is 0 Å². The lowest BCUT2D eigenvalue weighted by atomic mass is 9.62. The highest BCUT2D eigenvalue weighted by molar-refractivity contribution is 6.68. The average molecular weight is 160 g/mol. The van der Waals surface area contributed by atoms with Crippen LogP contribution < -0.4 is 5.46 Å². The largest absolute Gasteiger partial charge is 0.427 e. The van der Waals surface area contributed by atoms with Crippen LogP contribution in [0.2, 0.25) is 6.82 Å². The van der Waals surface area contributed by atoms with Crippen molar-refractivity contribution in [1.82, 2.24) is 0 Å². The minimum absolute atomic E-state index is 0.0707. The number of aldehydes is 1. The molecule has 1 aliphatic rings. The van der Waals surface area contributed by atoms with Crippen LogP contribution in [0.3, 0.4) is 0 Å². The monoisotopic (exact) mass is 160 g/mol. The maximum absolute atomic E-state index is 10.7. The first-order chi connectivity index (χ1) is 5.83. The summed E-state index contributed by atoms with van der Waals surface area (Å²) in [6, 6.07) is 5.73. The fraction of sp³-hybridized carbons (Fsp3) is 0.222. The van der Waals surface area contributed by atoms with Crippen molar-refractivity contribution in [3.05, 3.63) is 29.3 Å². The predicted octanol–water partition coefficient (Wildman–Crippen LogP) is 0.858. The Hall–Kier alpha value is -1.09. The topological polar surface area (TPSA) is 26.3 Å². The normalized spacial score (nSPS) is 14.6. The van der Waals surface area contributed by atoms with E-state index in [0.717, 1.165) is 22.9 Å². The molecule has 0 fully saturated rings. The van der Waals surface area contributed by atoms with Crippen molar-refractivity contribution in [2.75, 3.05) is 0 Å². The third-order valence-corrected chi connectivity index (χ3v) is 2.25. The van der Waals surface area contributed by atoms with Gasteiger partial charge in [0.15, 0.2) is 0 Å². The smallest absolute Gasteiger partial charge is 0.325 e. The zero-order chi connectivity index (χ0) is 8.55. The molecule has 0 N–H and O–H groups in total. The van der Waals surface area contributed by atoms with Gasteiger partial charge in [-0.05, 0) is 11.0 Å². The van der Waals surface area contributed by atoms with Gasteiger partial charge in [0.2, 0.25) is 0 Å². The second kappa shape index (κ2) is 2.75. The van der Waals surface area contributed by atoms with Gasteiger partial charge in [-0.3, -0.25) is 4.79 Å². The number of fused-ring (bicyclic) bond motifs is 1. The first-order valence-electron chi connectivity index (χ1n) is 4.01. The molecule has 0 unspecified atom stereocenters. The Kier molecular flexibility index (Phi) is 1.73. The predicted molar refractivity (Wildman–Crippen MR) is 47.9 cm³/mol. The molecule has 1 aromatic carbocycles. The van der Waals surface area contributed by atoms with Crippen LogP contribution in [0.15, 0.2) is 18.2 Å². The third-order valence-electron chi connectivity index (χ3n) is 2.25. The van der Waals surface area contributed by atoms with Crippen molar-refractivity contribution < 1.29 is 9.45 Å². The summed E-state index contributed by atoms with van der Waals surface area (Å²) in [6.07, 6.45) is 0.893. The Morgan fingerprint density at radius 3 is 3.17 bits per heavy atom. The molecule has 3 heteroatoms. The molecule has 0 radical (unpaired) electrons. The maximum Gasteiger partial charge on any atom is 0.325 e. The molecule has 0 atom stereocenters. The molecule has 1 aromatic rings. The first kappa shape index (κ1) is 7.56. The van der Waals surface area contributed by atoms with Crippen LogP contribution in [-0.4, -0.2) is 13.2 Å². The van der Waals surface area contributed by atoms with E-state index in [1.54, 1.807) is 0 Å². The van der Waals surface area contributed by atoms with Crippen molar-refractivity contribution in [1.29, 1.82) is 0 Å². The van der Waals surface area contributed by atoms with Gasteiger partial charge in [-0.1, -0.05) is 25.0 Å². The minimum Gasteiger partial charge on any atom is -0.427 e. The summed E-state index contributed by atoms with van der Waals surface area (Å²) >= 11 is 0. The molecule has 1 heterocycles. The van der Waals surface area contributed by atoms with Crippen LogP contribution in [0.25, 0.3) is 0 Å². The van der Waals surface area contributed by atoms with Crippen LogP contribution in [-0.2, 0) is 11.3 Å². The Labute approximate surface area is 71.7 Å². The molecule has 60 valence electrons. The van der Waals surface area contributed by atoms with E-state index in [4.69, 9.17) is 4.65 Å². The molecular formula is C9H9BO2. The van der Waals surface area contributed by atoms with Gasteiger partial charge >= 0.3 is 6.92 Å². The number of benzene rings is 1. The molecule has 0 aliphatic carbocycles. The number of rotatable bonds is 1. The molecule has 0 bridgehead atoms. The van der Waals surface area contributed by atoms with Crippen molar-refractivity contribution >= 4 is 18.7 Å². The molecule has 2 rings (SSSR count). The number of hydrogen-bond donors (Lipinski definition) is 0. The fourth-order valence-corrected chi connectivity index (χ4v) is 1.66. The SMILES string of the molecule is CB1OCc2cccc(C=O)c21. The lowest BCUT2D eigenvalue weighted by Gasteiger charge is -2.01. The van der Waals surface area contributed by atoms with Gasteiger partial charge < -0.3 is 4.65 Å². The highest BCUT2D eigenvalue weighted by Gasteiger charge is 2.25. The Bertz CT molecular complexity index is 322. The Morgan fingerprint density at radius 1 is 1.58 bits per heavy atom. The summed E-state index contributed by atoms with van der Waals surface area (Å²) in [5.74, 6) is 0.